The monoisotopic (exact) mass is 284 g/mol. The molecule has 2 aliphatic carbocycles. The Kier molecular flexibility index (Phi) is 3.12. The third-order valence-corrected chi connectivity index (χ3v) is 5.66. The van der Waals surface area contributed by atoms with Crippen molar-refractivity contribution in [2.45, 2.75) is 44.1 Å². The molecule has 0 amide bonds. The highest BCUT2D eigenvalue weighted by Crippen LogP contribution is 2.41. The first-order chi connectivity index (χ1) is 9.85. The lowest BCUT2D eigenvalue weighted by Gasteiger charge is -2.15. The molecule has 1 N–H and O–H groups in total. The fraction of sp³-hybridized carbons (Fsp3) is 0.471. The summed E-state index contributed by atoms with van der Waals surface area (Å²) in [5, 5.41) is 4.70. The summed E-state index contributed by atoms with van der Waals surface area (Å²) >= 11 is 1.91. The first-order valence-electron chi connectivity index (χ1n) is 7.61. The summed E-state index contributed by atoms with van der Waals surface area (Å²) in [5.74, 6) is 0.814. The second kappa shape index (κ2) is 4.97. The van der Waals surface area contributed by atoms with E-state index in [2.05, 4.69) is 29.6 Å². The zero-order chi connectivity index (χ0) is 13.5. The molecule has 1 atom stereocenters. The number of rotatable bonds is 4. The highest BCUT2D eigenvalue weighted by atomic mass is 32.1. The van der Waals surface area contributed by atoms with E-state index >= 15 is 0 Å². The van der Waals surface area contributed by atoms with Gasteiger partial charge in [0.1, 0.15) is 5.01 Å². The first-order valence-corrected chi connectivity index (χ1v) is 8.42. The quantitative estimate of drug-likeness (QED) is 0.923. The van der Waals surface area contributed by atoms with Crippen molar-refractivity contribution in [2.24, 2.45) is 0 Å². The van der Waals surface area contributed by atoms with E-state index in [0.29, 0.717) is 0 Å². The van der Waals surface area contributed by atoms with Crippen LogP contribution in [0, 0.1) is 0 Å². The van der Waals surface area contributed by atoms with Gasteiger partial charge in [-0.2, -0.15) is 0 Å². The Labute approximate surface area is 124 Å². The Morgan fingerprint density at radius 1 is 1.30 bits per heavy atom. The van der Waals surface area contributed by atoms with Gasteiger partial charge in [-0.15, -0.1) is 11.3 Å². The third kappa shape index (κ3) is 2.19. The highest BCUT2D eigenvalue weighted by Gasteiger charge is 2.26. The summed E-state index contributed by atoms with van der Waals surface area (Å²) in [4.78, 5) is 6.40. The van der Waals surface area contributed by atoms with Crippen LogP contribution in [0.15, 0.2) is 24.3 Å². The summed E-state index contributed by atoms with van der Waals surface area (Å²) in [6, 6.07) is 9.35. The van der Waals surface area contributed by atoms with E-state index in [-0.39, 0.29) is 6.04 Å². The van der Waals surface area contributed by atoms with Crippen molar-refractivity contribution < 1.29 is 0 Å². The average molecular weight is 284 g/mol. The molecule has 0 spiro atoms. The molecule has 1 heterocycles. The topological polar surface area (TPSA) is 24.9 Å². The minimum absolute atomic E-state index is 0.254. The van der Waals surface area contributed by atoms with Crippen LogP contribution in [0.5, 0.6) is 0 Å². The van der Waals surface area contributed by atoms with E-state index in [1.54, 1.807) is 0 Å². The predicted octanol–water partition coefficient (Wildman–Crippen LogP) is 3.82. The standard InChI is InChI=1S/C17H20N2S/c1-18-16(17-19-14-6-3-7-15(14)20-17)13-5-2-4-12(10-13)11-8-9-11/h2,4-5,10-11,16,18H,3,6-9H2,1H3. The van der Waals surface area contributed by atoms with Gasteiger partial charge >= 0.3 is 0 Å². The van der Waals surface area contributed by atoms with Crippen molar-refractivity contribution in [1.82, 2.24) is 10.3 Å². The van der Waals surface area contributed by atoms with Gasteiger partial charge in [-0.3, -0.25) is 0 Å². The van der Waals surface area contributed by atoms with Crippen LogP contribution in [0.2, 0.25) is 0 Å². The molecule has 0 bridgehead atoms. The number of aromatic nitrogens is 1. The van der Waals surface area contributed by atoms with Gasteiger partial charge in [-0.05, 0) is 56.2 Å². The molecular formula is C17H20N2S. The lowest BCUT2D eigenvalue weighted by Crippen LogP contribution is -2.17. The van der Waals surface area contributed by atoms with Crippen molar-refractivity contribution in [3.05, 3.63) is 51.0 Å². The molecule has 1 saturated carbocycles. The maximum atomic E-state index is 4.88. The van der Waals surface area contributed by atoms with Crippen LogP contribution in [-0.4, -0.2) is 12.0 Å². The van der Waals surface area contributed by atoms with E-state index < -0.39 is 0 Å². The van der Waals surface area contributed by atoms with Crippen LogP contribution in [0.4, 0.5) is 0 Å². The van der Waals surface area contributed by atoms with E-state index in [0.717, 1.165) is 5.92 Å². The van der Waals surface area contributed by atoms with Crippen molar-refractivity contribution in [3.63, 3.8) is 0 Å². The number of benzene rings is 1. The second-order valence-electron chi connectivity index (χ2n) is 5.94. The van der Waals surface area contributed by atoms with Gasteiger partial charge in [0.2, 0.25) is 0 Å². The molecule has 1 aromatic carbocycles. The van der Waals surface area contributed by atoms with Crippen molar-refractivity contribution >= 4 is 11.3 Å². The number of nitrogens with one attached hydrogen (secondary N) is 1. The van der Waals surface area contributed by atoms with Crippen molar-refractivity contribution in [3.8, 4) is 0 Å². The van der Waals surface area contributed by atoms with Crippen LogP contribution < -0.4 is 5.32 Å². The van der Waals surface area contributed by atoms with E-state index in [9.17, 15) is 0 Å². The lowest BCUT2D eigenvalue weighted by atomic mass is 10.0. The van der Waals surface area contributed by atoms with Gasteiger partial charge in [-0.25, -0.2) is 4.98 Å². The fourth-order valence-electron chi connectivity index (χ4n) is 3.18. The largest absolute Gasteiger partial charge is 0.307 e. The summed E-state index contributed by atoms with van der Waals surface area (Å²) in [7, 11) is 2.04. The average Bonchev–Trinajstić information content (AvgIpc) is 3.11. The Hall–Kier alpha value is -1.19. The lowest BCUT2D eigenvalue weighted by molar-refractivity contribution is 0.681. The molecule has 104 valence electrons. The van der Waals surface area contributed by atoms with Gasteiger partial charge in [0.25, 0.3) is 0 Å². The third-order valence-electron chi connectivity index (χ3n) is 4.44. The zero-order valence-corrected chi connectivity index (χ0v) is 12.7. The van der Waals surface area contributed by atoms with E-state index in [1.807, 2.05) is 18.4 Å². The van der Waals surface area contributed by atoms with Gasteiger partial charge in [-0.1, -0.05) is 24.3 Å². The minimum atomic E-state index is 0.254. The molecule has 0 saturated heterocycles. The summed E-state index contributed by atoms with van der Waals surface area (Å²) in [5.41, 5.74) is 4.22. The Bertz CT molecular complexity index is 606. The molecule has 2 aromatic rings. The Balaban J connectivity index is 1.67. The van der Waals surface area contributed by atoms with Crippen LogP contribution in [0.3, 0.4) is 0 Å². The highest BCUT2D eigenvalue weighted by molar-refractivity contribution is 7.11. The SMILES string of the molecule is CNC(c1cccc(C2CC2)c1)c1nc2c(s1)CCC2. The Morgan fingerprint density at radius 3 is 2.95 bits per heavy atom. The molecule has 2 aliphatic rings. The summed E-state index contributed by atoms with van der Waals surface area (Å²) in [6.07, 6.45) is 6.41. The number of hydrogen-bond acceptors (Lipinski definition) is 3. The Morgan fingerprint density at radius 2 is 2.20 bits per heavy atom. The zero-order valence-electron chi connectivity index (χ0n) is 11.9. The molecular weight excluding hydrogens is 264 g/mol. The summed E-state index contributed by atoms with van der Waals surface area (Å²) in [6.45, 7) is 0. The second-order valence-corrected chi connectivity index (χ2v) is 7.06. The number of fused-ring (bicyclic) bond motifs is 1. The smallest absolute Gasteiger partial charge is 0.115 e. The van der Waals surface area contributed by atoms with E-state index in [1.165, 1.54) is 58.8 Å². The molecule has 1 unspecified atom stereocenters. The van der Waals surface area contributed by atoms with Crippen LogP contribution >= 0.6 is 11.3 Å². The van der Waals surface area contributed by atoms with E-state index in [4.69, 9.17) is 4.98 Å². The molecule has 20 heavy (non-hydrogen) atoms. The molecule has 0 aliphatic heterocycles. The number of aryl methyl sites for hydroxylation is 2. The number of nitrogens with zero attached hydrogens (tertiary/aromatic N) is 1. The molecule has 1 aromatic heterocycles. The molecule has 4 rings (SSSR count). The molecule has 0 radical (unpaired) electrons. The fourth-order valence-corrected chi connectivity index (χ4v) is 4.47. The van der Waals surface area contributed by atoms with Gasteiger partial charge in [0, 0.05) is 4.88 Å². The maximum Gasteiger partial charge on any atom is 0.115 e. The van der Waals surface area contributed by atoms with Crippen molar-refractivity contribution in [1.29, 1.82) is 0 Å². The molecule has 2 nitrogen and oxygen atoms in total. The van der Waals surface area contributed by atoms with Crippen LogP contribution in [-0.2, 0) is 12.8 Å². The van der Waals surface area contributed by atoms with Gasteiger partial charge in [0.05, 0.1) is 11.7 Å². The predicted molar refractivity (Wildman–Crippen MR) is 83.5 cm³/mol. The van der Waals surface area contributed by atoms with Crippen LogP contribution in [0.25, 0.3) is 0 Å². The number of thiazole rings is 1. The van der Waals surface area contributed by atoms with Crippen LogP contribution in [0.1, 0.15) is 57.9 Å². The van der Waals surface area contributed by atoms with Gasteiger partial charge in [0.15, 0.2) is 0 Å². The molecule has 1 fully saturated rings. The van der Waals surface area contributed by atoms with Gasteiger partial charge < -0.3 is 5.32 Å². The maximum absolute atomic E-state index is 4.88. The number of hydrogen-bond donors (Lipinski definition) is 1. The van der Waals surface area contributed by atoms with Crippen molar-refractivity contribution in [2.75, 3.05) is 7.05 Å². The summed E-state index contributed by atoms with van der Waals surface area (Å²) < 4.78 is 0. The minimum Gasteiger partial charge on any atom is -0.307 e. The normalized spacial score (nSPS) is 19.1. The first kappa shape index (κ1) is 12.5. The molecule has 3 heteroatoms.